The number of aryl methyl sites for hydroxylation is 1. The number of pyridine rings is 2. The minimum absolute atomic E-state index is 0.118. The first-order chi connectivity index (χ1) is 9.78. The second-order valence-electron chi connectivity index (χ2n) is 5.18. The third-order valence-corrected chi connectivity index (χ3v) is 4.01. The molecule has 20 heavy (non-hydrogen) atoms. The number of rotatable bonds is 1. The summed E-state index contributed by atoms with van der Waals surface area (Å²) in [6.07, 6.45) is 0.769. The van der Waals surface area contributed by atoms with Gasteiger partial charge in [0.15, 0.2) is 0 Å². The van der Waals surface area contributed by atoms with Crippen LogP contribution < -0.4 is 5.56 Å². The Balaban J connectivity index is 2.02. The van der Waals surface area contributed by atoms with Gasteiger partial charge < -0.3 is 4.57 Å². The molecule has 0 N–H and O–H groups in total. The van der Waals surface area contributed by atoms with E-state index in [0.717, 1.165) is 39.8 Å². The van der Waals surface area contributed by atoms with Gasteiger partial charge in [-0.1, -0.05) is 31.2 Å². The largest absolute Gasteiger partial charge is 0.302 e. The maximum absolute atomic E-state index is 12.4. The first-order valence-electron chi connectivity index (χ1n) is 6.89. The molecule has 0 unspecified atom stereocenters. The van der Waals surface area contributed by atoms with Crippen LogP contribution in [0.25, 0.3) is 22.3 Å². The summed E-state index contributed by atoms with van der Waals surface area (Å²) in [6.45, 7) is 2.65. The zero-order chi connectivity index (χ0) is 13.7. The summed E-state index contributed by atoms with van der Waals surface area (Å²) in [7, 11) is 0. The van der Waals surface area contributed by atoms with Gasteiger partial charge in [-0.25, -0.2) is 4.98 Å². The van der Waals surface area contributed by atoms with Crippen molar-refractivity contribution in [3.8, 4) is 11.4 Å². The molecule has 3 heterocycles. The Morgan fingerprint density at radius 1 is 1.20 bits per heavy atom. The van der Waals surface area contributed by atoms with Crippen LogP contribution in [-0.2, 0) is 13.0 Å². The highest BCUT2D eigenvalue weighted by Gasteiger charge is 2.22. The van der Waals surface area contributed by atoms with Gasteiger partial charge in [0.05, 0.1) is 23.4 Å². The molecular weight excluding hydrogens is 248 g/mol. The molecule has 0 saturated heterocycles. The Hall–Kier alpha value is -2.42. The summed E-state index contributed by atoms with van der Waals surface area (Å²) in [5.41, 5.74) is 4.98. The SMILES string of the molecule is CCc1ccc2n(c1=O)Cc1cc3ccccc3nc1-2. The van der Waals surface area contributed by atoms with E-state index in [1.165, 1.54) is 0 Å². The minimum Gasteiger partial charge on any atom is -0.302 e. The van der Waals surface area contributed by atoms with Crippen molar-refractivity contribution in [1.82, 2.24) is 9.55 Å². The zero-order valence-electron chi connectivity index (χ0n) is 11.3. The van der Waals surface area contributed by atoms with E-state index >= 15 is 0 Å². The lowest BCUT2D eigenvalue weighted by molar-refractivity contribution is 0.787. The van der Waals surface area contributed by atoms with Gasteiger partial charge in [0.1, 0.15) is 0 Å². The van der Waals surface area contributed by atoms with Gasteiger partial charge in [0, 0.05) is 16.5 Å². The fraction of sp³-hybridized carbons (Fsp3) is 0.176. The predicted octanol–water partition coefficient (Wildman–Crippen LogP) is 2.99. The fourth-order valence-electron chi connectivity index (χ4n) is 2.93. The van der Waals surface area contributed by atoms with Gasteiger partial charge in [-0.3, -0.25) is 4.79 Å². The molecule has 0 saturated carbocycles. The summed E-state index contributed by atoms with van der Waals surface area (Å²) in [5, 5.41) is 1.13. The number of nitrogens with zero attached hydrogens (tertiary/aromatic N) is 2. The summed E-state index contributed by atoms with van der Waals surface area (Å²) in [4.78, 5) is 17.1. The van der Waals surface area contributed by atoms with Crippen molar-refractivity contribution in [3.05, 3.63) is 63.9 Å². The third-order valence-electron chi connectivity index (χ3n) is 4.01. The zero-order valence-corrected chi connectivity index (χ0v) is 11.3. The second kappa shape index (κ2) is 4.04. The smallest absolute Gasteiger partial charge is 0.254 e. The van der Waals surface area contributed by atoms with Gasteiger partial charge >= 0.3 is 0 Å². The van der Waals surface area contributed by atoms with Crippen LogP contribution in [0.4, 0.5) is 0 Å². The topological polar surface area (TPSA) is 34.9 Å². The molecule has 0 aliphatic carbocycles. The van der Waals surface area contributed by atoms with E-state index in [2.05, 4.69) is 12.1 Å². The first-order valence-corrected chi connectivity index (χ1v) is 6.89. The second-order valence-corrected chi connectivity index (χ2v) is 5.18. The van der Waals surface area contributed by atoms with Crippen molar-refractivity contribution < 1.29 is 0 Å². The first kappa shape index (κ1) is 11.4. The van der Waals surface area contributed by atoms with Gasteiger partial charge in [0.2, 0.25) is 0 Å². The van der Waals surface area contributed by atoms with Crippen LogP contribution in [0, 0.1) is 0 Å². The Morgan fingerprint density at radius 3 is 2.90 bits per heavy atom. The molecular formula is C17H14N2O. The van der Waals surface area contributed by atoms with E-state index in [4.69, 9.17) is 4.98 Å². The van der Waals surface area contributed by atoms with Crippen LogP contribution in [0.3, 0.4) is 0 Å². The van der Waals surface area contributed by atoms with Crippen molar-refractivity contribution in [3.63, 3.8) is 0 Å². The monoisotopic (exact) mass is 262 g/mol. The number of benzene rings is 1. The average Bonchev–Trinajstić information content (AvgIpc) is 2.84. The van der Waals surface area contributed by atoms with Crippen molar-refractivity contribution in [1.29, 1.82) is 0 Å². The summed E-state index contributed by atoms with van der Waals surface area (Å²) < 4.78 is 1.84. The van der Waals surface area contributed by atoms with Gasteiger partial charge in [-0.05, 0) is 24.6 Å². The maximum Gasteiger partial charge on any atom is 0.254 e. The average molecular weight is 262 g/mol. The van der Waals surface area contributed by atoms with E-state index in [1.807, 2.05) is 41.8 Å². The summed E-state index contributed by atoms with van der Waals surface area (Å²) in [6, 6.07) is 14.2. The molecule has 2 aromatic heterocycles. The van der Waals surface area contributed by atoms with Crippen molar-refractivity contribution in [2.45, 2.75) is 19.9 Å². The number of hydrogen-bond acceptors (Lipinski definition) is 2. The van der Waals surface area contributed by atoms with Crippen LogP contribution in [0.15, 0.2) is 47.3 Å². The molecule has 98 valence electrons. The Morgan fingerprint density at radius 2 is 2.05 bits per heavy atom. The van der Waals surface area contributed by atoms with Crippen LogP contribution >= 0.6 is 0 Å². The predicted molar refractivity (Wildman–Crippen MR) is 79.9 cm³/mol. The standard InChI is InChI=1S/C17H14N2O/c1-2-11-7-8-15-16-13(10-19(15)17(11)20)9-12-5-3-4-6-14(12)18-16/h3-9H,2,10H2,1H3. The summed E-state index contributed by atoms with van der Waals surface area (Å²) in [5.74, 6) is 0. The molecule has 0 fully saturated rings. The Kier molecular flexibility index (Phi) is 2.30. The van der Waals surface area contributed by atoms with Crippen molar-refractivity contribution >= 4 is 10.9 Å². The number of hydrogen-bond donors (Lipinski definition) is 0. The molecule has 0 spiro atoms. The highest BCUT2D eigenvalue weighted by Crippen LogP contribution is 2.31. The van der Waals surface area contributed by atoms with E-state index in [-0.39, 0.29) is 5.56 Å². The highest BCUT2D eigenvalue weighted by atomic mass is 16.1. The van der Waals surface area contributed by atoms with Gasteiger partial charge in [0.25, 0.3) is 5.56 Å². The lowest BCUT2D eigenvalue weighted by atomic mass is 10.1. The molecule has 1 aromatic carbocycles. The summed E-state index contributed by atoms with van der Waals surface area (Å²) >= 11 is 0. The Labute approximate surface area is 116 Å². The number of para-hydroxylation sites is 1. The number of aromatic nitrogens is 2. The molecule has 3 nitrogen and oxygen atoms in total. The highest BCUT2D eigenvalue weighted by molar-refractivity contribution is 5.83. The lowest BCUT2D eigenvalue weighted by Gasteiger charge is -2.04. The molecule has 1 aliphatic rings. The van der Waals surface area contributed by atoms with Crippen LogP contribution in [0.1, 0.15) is 18.1 Å². The fourth-order valence-corrected chi connectivity index (χ4v) is 2.93. The van der Waals surface area contributed by atoms with E-state index in [9.17, 15) is 4.79 Å². The van der Waals surface area contributed by atoms with Crippen LogP contribution in [0.5, 0.6) is 0 Å². The van der Waals surface area contributed by atoms with E-state index < -0.39 is 0 Å². The normalized spacial score (nSPS) is 12.4. The minimum atomic E-state index is 0.118. The van der Waals surface area contributed by atoms with E-state index in [0.29, 0.717) is 6.54 Å². The van der Waals surface area contributed by atoms with Gasteiger partial charge in [-0.15, -0.1) is 0 Å². The van der Waals surface area contributed by atoms with Crippen LogP contribution in [0.2, 0.25) is 0 Å². The molecule has 4 rings (SSSR count). The molecule has 0 bridgehead atoms. The molecule has 3 heteroatoms. The lowest BCUT2D eigenvalue weighted by Crippen LogP contribution is -2.22. The third kappa shape index (κ3) is 1.46. The Bertz CT molecular complexity index is 893. The number of fused-ring (bicyclic) bond motifs is 4. The molecule has 0 amide bonds. The van der Waals surface area contributed by atoms with Crippen LogP contribution in [-0.4, -0.2) is 9.55 Å². The van der Waals surface area contributed by atoms with E-state index in [1.54, 1.807) is 0 Å². The molecule has 3 aromatic rings. The molecule has 0 radical (unpaired) electrons. The quantitative estimate of drug-likeness (QED) is 0.528. The maximum atomic E-state index is 12.4. The van der Waals surface area contributed by atoms with Crippen molar-refractivity contribution in [2.24, 2.45) is 0 Å². The molecule has 0 atom stereocenters. The van der Waals surface area contributed by atoms with Gasteiger partial charge in [-0.2, -0.15) is 0 Å². The molecule has 1 aliphatic heterocycles. The van der Waals surface area contributed by atoms with Crippen molar-refractivity contribution in [2.75, 3.05) is 0 Å².